The molecule has 0 aliphatic carbocycles. The normalized spacial score (nSPS) is 11.8. The molecule has 0 aliphatic heterocycles. The van der Waals surface area contributed by atoms with Crippen LogP contribution in [0, 0.1) is 5.92 Å². The molecule has 2 aromatic carbocycles. The van der Waals surface area contributed by atoms with Gasteiger partial charge in [-0.25, -0.2) is 0 Å². The quantitative estimate of drug-likeness (QED) is 0.490. The summed E-state index contributed by atoms with van der Waals surface area (Å²) in [6, 6.07) is 17.5. The van der Waals surface area contributed by atoms with Crippen LogP contribution in [-0.2, 0) is 0 Å². The van der Waals surface area contributed by atoms with Crippen molar-refractivity contribution in [1.82, 2.24) is 0 Å². The molecule has 0 bridgehead atoms. The van der Waals surface area contributed by atoms with E-state index in [0.29, 0.717) is 5.92 Å². The Kier molecular flexibility index (Phi) is 3.79. The molecule has 0 atom stereocenters. The second kappa shape index (κ2) is 5.73. The Morgan fingerprint density at radius 3 is 2.48 bits per heavy atom. The highest BCUT2D eigenvalue weighted by Gasteiger charge is 2.14. The van der Waals surface area contributed by atoms with Crippen LogP contribution in [0.5, 0.6) is 0 Å². The van der Waals surface area contributed by atoms with Crippen LogP contribution in [0.1, 0.15) is 19.4 Å². The molecule has 0 saturated heterocycles. The maximum absolute atomic E-state index is 2.28. The summed E-state index contributed by atoms with van der Waals surface area (Å²) in [5, 5.41) is 2.54. The third-order valence-electron chi connectivity index (χ3n) is 3.75. The van der Waals surface area contributed by atoms with E-state index in [1.165, 1.54) is 27.4 Å². The highest BCUT2D eigenvalue weighted by molar-refractivity contribution is 6.24. The molecular weight excluding hydrogens is 253 g/mol. The topological polar surface area (TPSA) is 3.88 Å². The van der Waals surface area contributed by atoms with Crippen LogP contribution in [-0.4, -0.2) is 7.41 Å². The number of allylic oxidation sites excluding steroid dienone is 1. The molecule has 1 heterocycles. The van der Waals surface area contributed by atoms with Crippen LogP contribution in [0.2, 0.25) is 6.82 Å². The molecule has 0 saturated carbocycles. The van der Waals surface area contributed by atoms with Gasteiger partial charge in [0.25, 0.3) is 0 Å². The lowest BCUT2D eigenvalue weighted by Gasteiger charge is -2.05. The van der Waals surface area contributed by atoms with Gasteiger partial charge in [-0.2, -0.15) is 0 Å². The van der Waals surface area contributed by atoms with Crippen molar-refractivity contribution in [3.05, 3.63) is 60.2 Å². The molecule has 3 aromatic rings. The summed E-state index contributed by atoms with van der Waals surface area (Å²) in [7, 11) is 2.14. The Hall–Kier alpha value is -2.09. The van der Waals surface area contributed by atoms with Crippen LogP contribution < -0.4 is 4.48 Å². The van der Waals surface area contributed by atoms with Gasteiger partial charge in [-0.05, 0) is 36.5 Å². The van der Waals surface area contributed by atoms with E-state index in [-0.39, 0.29) is 0 Å². The van der Waals surface area contributed by atoms with Crippen LogP contribution >= 0.6 is 0 Å². The zero-order valence-electron chi connectivity index (χ0n) is 12.9. The number of fused-ring (bicyclic) bond motifs is 2. The van der Waals surface area contributed by atoms with Gasteiger partial charge in [0.1, 0.15) is 0 Å². The fourth-order valence-electron chi connectivity index (χ4n) is 2.70. The molecule has 0 spiro atoms. The van der Waals surface area contributed by atoms with Crippen LogP contribution in [0.4, 0.5) is 0 Å². The summed E-state index contributed by atoms with van der Waals surface area (Å²) in [6.45, 7) is 6.48. The Balaban J connectivity index is 2.26. The minimum absolute atomic E-state index is 0.571. The summed E-state index contributed by atoms with van der Waals surface area (Å²) in [5.41, 5.74) is 3.75. The van der Waals surface area contributed by atoms with Gasteiger partial charge in [0.05, 0.1) is 0 Å². The van der Waals surface area contributed by atoms with Gasteiger partial charge in [-0.3, -0.25) is 4.48 Å². The van der Waals surface area contributed by atoms with E-state index in [0.717, 1.165) is 0 Å². The second-order valence-electron chi connectivity index (χ2n) is 5.75. The maximum Gasteiger partial charge on any atom is 0.536 e. The van der Waals surface area contributed by atoms with Crippen molar-refractivity contribution in [3.8, 4) is 0 Å². The molecule has 0 fully saturated rings. The summed E-state index contributed by atoms with van der Waals surface area (Å²) in [4.78, 5) is 0. The van der Waals surface area contributed by atoms with E-state index in [1.807, 2.05) is 0 Å². The smallest absolute Gasteiger partial charge is 0.278 e. The Labute approximate surface area is 127 Å². The summed E-state index contributed by atoms with van der Waals surface area (Å²) >= 11 is 0. The number of para-hydroxylation sites is 1. The van der Waals surface area contributed by atoms with Crippen molar-refractivity contribution in [3.63, 3.8) is 0 Å². The number of pyridine rings is 1. The zero-order valence-corrected chi connectivity index (χ0v) is 12.9. The molecule has 1 nitrogen and oxygen atoms in total. The first kappa shape index (κ1) is 13.9. The number of aromatic nitrogens is 1. The van der Waals surface area contributed by atoms with Crippen molar-refractivity contribution in [2.24, 2.45) is 5.92 Å². The van der Waals surface area contributed by atoms with Crippen molar-refractivity contribution in [2.75, 3.05) is 0 Å². The van der Waals surface area contributed by atoms with Gasteiger partial charge in [-0.1, -0.05) is 44.2 Å². The average molecular weight is 273 g/mol. The lowest BCUT2D eigenvalue weighted by atomic mass is 9.94. The van der Waals surface area contributed by atoms with E-state index >= 15 is 0 Å². The number of hydrogen-bond acceptors (Lipinski definition) is 0. The summed E-state index contributed by atoms with van der Waals surface area (Å²) < 4.78 is 2.28. The maximum atomic E-state index is 2.28. The van der Waals surface area contributed by atoms with E-state index in [2.05, 4.69) is 93.2 Å². The highest BCUT2D eigenvalue weighted by atomic mass is 14.9. The summed E-state index contributed by atoms with van der Waals surface area (Å²) in [6.07, 6.45) is 4.45. The Morgan fingerprint density at radius 2 is 1.71 bits per heavy atom. The third kappa shape index (κ3) is 2.71. The molecule has 0 N–H and O–H groups in total. The molecule has 1 aromatic heterocycles. The van der Waals surface area contributed by atoms with Crippen LogP contribution in [0.15, 0.2) is 54.6 Å². The molecule has 2 heteroatoms. The van der Waals surface area contributed by atoms with Gasteiger partial charge in [0.2, 0.25) is 0 Å². The van der Waals surface area contributed by atoms with Crippen LogP contribution in [0.3, 0.4) is 0 Å². The molecule has 0 amide bonds. The zero-order chi connectivity index (χ0) is 14.8. The first-order valence-electron chi connectivity index (χ1n) is 7.54. The Bertz CT molecular complexity index is 818. The highest BCUT2D eigenvalue weighted by Crippen LogP contribution is 2.20. The van der Waals surface area contributed by atoms with E-state index in [4.69, 9.17) is 0 Å². The monoisotopic (exact) mass is 273 g/mol. The van der Waals surface area contributed by atoms with Crippen molar-refractivity contribution < 1.29 is 4.48 Å². The van der Waals surface area contributed by atoms with Crippen molar-refractivity contribution >= 4 is 35.3 Å². The minimum atomic E-state index is 0.571. The first-order chi connectivity index (χ1) is 10.2. The second-order valence-corrected chi connectivity index (χ2v) is 5.75. The molecule has 103 valence electrons. The van der Waals surface area contributed by atoms with Gasteiger partial charge in [0, 0.05) is 22.9 Å². The molecular formula is C19H20BN+. The first-order valence-corrected chi connectivity index (χ1v) is 7.54. The van der Waals surface area contributed by atoms with Crippen molar-refractivity contribution in [1.29, 1.82) is 0 Å². The fraction of sp³-hybridized carbons (Fsp3) is 0.211. The number of rotatable bonds is 3. The van der Waals surface area contributed by atoms with Gasteiger partial charge < -0.3 is 0 Å². The van der Waals surface area contributed by atoms with Gasteiger partial charge >= 0.3 is 7.41 Å². The molecule has 0 aliphatic rings. The lowest BCUT2D eigenvalue weighted by Crippen LogP contribution is -2.39. The molecule has 21 heavy (non-hydrogen) atoms. The predicted molar refractivity (Wildman–Crippen MR) is 92.5 cm³/mol. The number of benzene rings is 2. The fourth-order valence-corrected chi connectivity index (χ4v) is 2.70. The van der Waals surface area contributed by atoms with Crippen molar-refractivity contribution in [2.45, 2.75) is 20.7 Å². The SMILES string of the molecule is C[B][n+]1c2ccccc2cc2ccc(/C=C/C(C)C)cc21. The Morgan fingerprint density at radius 1 is 0.952 bits per heavy atom. The number of hydrogen-bond donors (Lipinski definition) is 0. The number of nitrogens with zero attached hydrogens (tertiary/aromatic N) is 1. The van der Waals surface area contributed by atoms with E-state index in [9.17, 15) is 0 Å². The minimum Gasteiger partial charge on any atom is -0.278 e. The predicted octanol–water partition coefficient (Wildman–Crippen LogP) is 4.47. The van der Waals surface area contributed by atoms with E-state index in [1.54, 1.807) is 0 Å². The van der Waals surface area contributed by atoms with Gasteiger partial charge in [-0.15, -0.1) is 0 Å². The summed E-state index contributed by atoms with van der Waals surface area (Å²) in [5.74, 6) is 0.571. The van der Waals surface area contributed by atoms with Crippen LogP contribution in [0.25, 0.3) is 27.9 Å². The molecule has 3 rings (SSSR count). The largest absolute Gasteiger partial charge is 0.536 e. The van der Waals surface area contributed by atoms with E-state index < -0.39 is 0 Å². The third-order valence-corrected chi connectivity index (χ3v) is 3.75. The van der Waals surface area contributed by atoms with Gasteiger partial charge in [0.15, 0.2) is 11.0 Å². The molecule has 1 radical (unpaired) electrons. The average Bonchev–Trinajstić information content (AvgIpc) is 2.50. The lowest BCUT2D eigenvalue weighted by molar-refractivity contribution is -0.467. The molecule has 0 unspecified atom stereocenters. The standard InChI is InChI=1S/C19H20BN/c1-14(2)8-9-15-10-11-17-13-16-6-4-5-7-18(16)21(20-3)19(17)12-15/h4-14H,1-3H3/q+1/b9-8+.